The third kappa shape index (κ3) is 5.30. The molecular formula is C22H19FN4O6. The Morgan fingerprint density at radius 1 is 1.12 bits per heavy atom. The fraction of sp³-hybridized carbons (Fsp3) is 0.273. The van der Waals surface area contributed by atoms with Crippen LogP contribution in [0.4, 0.5) is 10.3 Å². The minimum absolute atomic E-state index is 0.135. The summed E-state index contributed by atoms with van der Waals surface area (Å²) >= 11 is 0. The van der Waals surface area contributed by atoms with Crippen LogP contribution in [0, 0.1) is 17.1 Å². The van der Waals surface area contributed by atoms with E-state index in [0.717, 1.165) is 0 Å². The molecule has 0 spiro atoms. The Kier molecular flexibility index (Phi) is 6.54. The number of amides is 1. The fourth-order valence-corrected chi connectivity index (χ4v) is 3.21. The van der Waals surface area contributed by atoms with Gasteiger partial charge in [-0.15, -0.1) is 0 Å². The highest BCUT2D eigenvalue weighted by Gasteiger charge is 2.27. The number of furan rings is 1. The number of nitrogens with zero attached hydrogens (tertiary/aromatic N) is 4. The van der Waals surface area contributed by atoms with E-state index >= 15 is 0 Å². The topological polar surface area (TPSA) is 122 Å². The van der Waals surface area contributed by atoms with E-state index in [9.17, 15) is 19.2 Å². The Morgan fingerprint density at radius 2 is 1.88 bits per heavy atom. The number of aromatic nitrogens is 1. The van der Waals surface area contributed by atoms with Crippen LogP contribution in [-0.2, 0) is 14.3 Å². The highest BCUT2D eigenvalue weighted by atomic mass is 19.1. The number of ether oxygens (including phenoxy) is 2. The third-order valence-electron chi connectivity index (χ3n) is 4.89. The van der Waals surface area contributed by atoms with Crippen molar-refractivity contribution in [2.45, 2.75) is 0 Å². The first-order chi connectivity index (χ1) is 16.0. The van der Waals surface area contributed by atoms with Crippen LogP contribution >= 0.6 is 0 Å². The highest BCUT2D eigenvalue weighted by Crippen LogP contribution is 2.29. The summed E-state index contributed by atoms with van der Waals surface area (Å²) in [5.74, 6) is -0.218. The summed E-state index contributed by atoms with van der Waals surface area (Å²) in [7, 11) is 0. The number of hydrogen-bond acceptors (Lipinski definition) is 9. The molecule has 10 nitrogen and oxygen atoms in total. The summed E-state index contributed by atoms with van der Waals surface area (Å²) in [6, 6.07) is 10.6. The zero-order valence-electron chi connectivity index (χ0n) is 17.4. The van der Waals surface area contributed by atoms with Crippen molar-refractivity contribution in [2.24, 2.45) is 0 Å². The number of piperazine rings is 1. The number of benzene rings is 1. The highest BCUT2D eigenvalue weighted by molar-refractivity contribution is 5.81. The molecule has 0 aliphatic carbocycles. The normalized spacial score (nSPS) is 13.5. The monoisotopic (exact) mass is 454 g/mol. The number of esters is 1. The molecule has 1 amide bonds. The van der Waals surface area contributed by atoms with Gasteiger partial charge in [-0.05, 0) is 36.4 Å². The zero-order valence-corrected chi connectivity index (χ0v) is 17.4. The van der Waals surface area contributed by atoms with Gasteiger partial charge in [0.2, 0.25) is 11.6 Å². The summed E-state index contributed by atoms with van der Waals surface area (Å²) in [6.07, 6.45) is 1.48. The first-order valence-corrected chi connectivity index (χ1v) is 10.0. The molecule has 170 valence electrons. The van der Waals surface area contributed by atoms with E-state index in [2.05, 4.69) is 4.98 Å². The maximum Gasteiger partial charge on any atom is 0.344 e. The molecule has 3 aromatic rings. The average molecular weight is 454 g/mol. The molecule has 4 rings (SSSR count). The first-order valence-electron chi connectivity index (χ1n) is 10.0. The van der Waals surface area contributed by atoms with Crippen molar-refractivity contribution in [3.05, 3.63) is 54.2 Å². The number of anilines is 1. The molecule has 1 aliphatic rings. The smallest absolute Gasteiger partial charge is 0.344 e. The molecule has 0 radical (unpaired) electrons. The number of nitriles is 1. The van der Waals surface area contributed by atoms with Gasteiger partial charge >= 0.3 is 5.97 Å². The van der Waals surface area contributed by atoms with Crippen molar-refractivity contribution in [1.82, 2.24) is 9.88 Å². The Labute approximate surface area is 187 Å². The van der Waals surface area contributed by atoms with Crippen molar-refractivity contribution < 1.29 is 32.3 Å². The van der Waals surface area contributed by atoms with Crippen LogP contribution in [0.3, 0.4) is 0 Å². The molecular weight excluding hydrogens is 435 g/mol. The lowest BCUT2D eigenvalue weighted by Crippen LogP contribution is -2.50. The second-order valence-electron chi connectivity index (χ2n) is 7.03. The Balaban J connectivity index is 1.24. The molecule has 33 heavy (non-hydrogen) atoms. The summed E-state index contributed by atoms with van der Waals surface area (Å²) in [6.45, 7) is 0.713. The van der Waals surface area contributed by atoms with Crippen LogP contribution in [0.2, 0.25) is 0 Å². The molecule has 3 heterocycles. The summed E-state index contributed by atoms with van der Waals surface area (Å²) < 4.78 is 34.0. The fourth-order valence-electron chi connectivity index (χ4n) is 3.21. The van der Waals surface area contributed by atoms with Crippen molar-refractivity contribution in [2.75, 3.05) is 44.3 Å². The molecule has 0 unspecified atom stereocenters. The van der Waals surface area contributed by atoms with E-state index in [-0.39, 0.29) is 17.5 Å². The quantitative estimate of drug-likeness (QED) is 0.495. The summed E-state index contributed by atoms with van der Waals surface area (Å²) in [4.78, 5) is 31.7. The maximum atomic E-state index is 12.9. The van der Waals surface area contributed by atoms with Crippen molar-refractivity contribution in [3.8, 4) is 23.5 Å². The number of carbonyl (C=O) groups is 2. The average Bonchev–Trinajstić information content (AvgIpc) is 3.52. The molecule has 1 aliphatic heterocycles. The van der Waals surface area contributed by atoms with Gasteiger partial charge in [0.25, 0.3) is 11.8 Å². The van der Waals surface area contributed by atoms with E-state index in [1.54, 1.807) is 17.0 Å². The number of halogens is 1. The zero-order chi connectivity index (χ0) is 23.2. The maximum absolute atomic E-state index is 12.9. The minimum atomic E-state index is -0.711. The summed E-state index contributed by atoms with van der Waals surface area (Å²) in [5, 5.41) is 9.38. The van der Waals surface area contributed by atoms with Gasteiger partial charge in [0.15, 0.2) is 19.0 Å². The van der Waals surface area contributed by atoms with Gasteiger partial charge in [-0.3, -0.25) is 4.79 Å². The molecule has 1 aromatic carbocycles. The van der Waals surface area contributed by atoms with Crippen molar-refractivity contribution >= 4 is 17.8 Å². The standard InChI is InChI=1S/C22H19FN4O6/c23-15-3-5-16(6-4-15)31-14-20(29)32-13-19(28)26-7-9-27(10-8-26)22-17(12-24)25-21(33-22)18-2-1-11-30-18/h1-6,11H,7-10,13-14H2. The van der Waals surface area contributed by atoms with Crippen LogP contribution in [0.5, 0.6) is 5.75 Å². The molecule has 11 heteroatoms. The van der Waals surface area contributed by atoms with Crippen molar-refractivity contribution in [1.29, 1.82) is 5.26 Å². The second-order valence-corrected chi connectivity index (χ2v) is 7.03. The van der Waals surface area contributed by atoms with Crippen LogP contribution in [0.15, 0.2) is 51.5 Å². The van der Waals surface area contributed by atoms with E-state index in [4.69, 9.17) is 18.3 Å². The number of carbonyl (C=O) groups excluding carboxylic acids is 2. The minimum Gasteiger partial charge on any atom is -0.482 e. The molecule has 0 saturated carbocycles. The van der Waals surface area contributed by atoms with Gasteiger partial charge in [-0.2, -0.15) is 10.2 Å². The predicted molar refractivity (Wildman–Crippen MR) is 111 cm³/mol. The molecule has 0 bridgehead atoms. The lowest BCUT2D eigenvalue weighted by atomic mass is 10.3. The molecule has 1 fully saturated rings. The predicted octanol–water partition coefficient (Wildman–Crippen LogP) is 2.22. The van der Waals surface area contributed by atoms with E-state index in [1.807, 2.05) is 11.0 Å². The Morgan fingerprint density at radius 3 is 2.55 bits per heavy atom. The Hall–Kier alpha value is -4.33. The lowest BCUT2D eigenvalue weighted by molar-refractivity contribution is -0.153. The Bertz CT molecular complexity index is 1140. The van der Waals surface area contributed by atoms with Gasteiger partial charge in [0, 0.05) is 26.2 Å². The molecule has 2 aromatic heterocycles. The number of hydrogen-bond donors (Lipinski definition) is 0. The molecule has 1 saturated heterocycles. The third-order valence-corrected chi connectivity index (χ3v) is 4.89. The SMILES string of the molecule is N#Cc1nc(-c2ccco2)oc1N1CCN(C(=O)COC(=O)COc2ccc(F)cc2)CC1. The lowest BCUT2D eigenvalue weighted by Gasteiger charge is -2.34. The first kappa shape index (κ1) is 21.9. The second kappa shape index (κ2) is 9.86. The van der Waals surface area contributed by atoms with Gasteiger partial charge in [-0.1, -0.05) is 0 Å². The van der Waals surface area contributed by atoms with Gasteiger partial charge in [-0.25, -0.2) is 9.18 Å². The number of rotatable bonds is 7. The van der Waals surface area contributed by atoms with Crippen LogP contribution < -0.4 is 9.64 Å². The van der Waals surface area contributed by atoms with E-state index in [0.29, 0.717) is 43.6 Å². The molecule has 0 N–H and O–H groups in total. The van der Waals surface area contributed by atoms with E-state index in [1.165, 1.54) is 30.5 Å². The summed E-state index contributed by atoms with van der Waals surface area (Å²) in [5.41, 5.74) is 0.135. The van der Waals surface area contributed by atoms with Gasteiger partial charge in [0.1, 0.15) is 17.6 Å². The van der Waals surface area contributed by atoms with Gasteiger partial charge in [0.05, 0.1) is 6.26 Å². The number of oxazole rings is 1. The van der Waals surface area contributed by atoms with E-state index < -0.39 is 25.0 Å². The van der Waals surface area contributed by atoms with Crippen molar-refractivity contribution in [3.63, 3.8) is 0 Å². The van der Waals surface area contributed by atoms with Crippen LogP contribution in [0.1, 0.15) is 5.69 Å². The van der Waals surface area contributed by atoms with Crippen LogP contribution in [0.25, 0.3) is 11.7 Å². The largest absolute Gasteiger partial charge is 0.482 e. The van der Waals surface area contributed by atoms with Gasteiger partial charge < -0.3 is 28.1 Å². The van der Waals surface area contributed by atoms with Crippen LogP contribution in [-0.4, -0.2) is 61.2 Å². The molecule has 0 atom stereocenters.